The molecule has 0 fully saturated rings. The first kappa shape index (κ1) is 13.8. The maximum Gasteiger partial charge on any atom is 0.248 e. The first-order valence-corrected chi connectivity index (χ1v) is 7.10. The fraction of sp³-hybridized carbons (Fsp3) is 0.188. The van der Waals surface area contributed by atoms with Crippen molar-refractivity contribution in [3.63, 3.8) is 0 Å². The van der Waals surface area contributed by atoms with Crippen molar-refractivity contribution in [3.05, 3.63) is 58.1 Å². The second-order valence-electron chi connectivity index (χ2n) is 5.18. The number of benzene rings is 2. The average Bonchev–Trinajstić information content (AvgIpc) is 2.83. The molecule has 1 aliphatic carbocycles. The zero-order valence-electron chi connectivity index (χ0n) is 11.3. The average molecular weight is 303 g/mol. The maximum atomic E-state index is 11.3. The predicted octanol–water partition coefficient (Wildman–Crippen LogP) is 3.24. The monoisotopic (exact) mass is 302 g/mol. The van der Waals surface area contributed by atoms with Crippen LogP contribution in [0, 0.1) is 0 Å². The largest absolute Gasteiger partial charge is 0.508 e. The summed E-state index contributed by atoms with van der Waals surface area (Å²) in [7, 11) is 0. The summed E-state index contributed by atoms with van der Waals surface area (Å²) < 4.78 is 0. The number of aryl methyl sites for hydroxylation is 1. The Bertz CT molecular complexity index is 715. The molecule has 1 aliphatic rings. The summed E-state index contributed by atoms with van der Waals surface area (Å²) in [5, 5.41) is 13.4. The third-order valence-electron chi connectivity index (χ3n) is 3.78. The Hall–Kier alpha value is -2.20. The van der Waals surface area contributed by atoms with Gasteiger partial charge in [-0.2, -0.15) is 0 Å². The van der Waals surface area contributed by atoms with Gasteiger partial charge in [0.05, 0.1) is 16.8 Å². The summed E-state index contributed by atoms with van der Waals surface area (Å²) >= 11 is 6.18. The number of nitrogens with one attached hydrogen (secondary N) is 1. The molecule has 0 heterocycles. The van der Waals surface area contributed by atoms with Gasteiger partial charge in [-0.3, -0.25) is 4.79 Å². The summed E-state index contributed by atoms with van der Waals surface area (Å²) in [6.45, 7) is 0. The van der Waals surface area contributed by atoms with E-state index in [0.717, 1.165) is 24.0 Å². The predicted molar refractivity (Wildman–Crippen MR) is 82.8 cm³/mol. The van der Waals surface area contributed by atoms with Crippen molar-refractivity contribution in [1.82, 2.24) is 0 Å². The maximum absolute atomic E-state index is 11.3. The van der Waals surface area contributed by atoms with Crippen LogP contribution >= 0.6 is 11.6 Å². The Balaban J connectivity index is 1.89. The van der Waals surface area contributed by atoms with E-state index in [2.05, 4.69) is 5.32 Å². The highest BCUT2D eigenvalue weighted by Gasteiger charge is 2.23. The van der Waals surface area contributed by atoms with E-state index >= 15 is 0 Å². The van der Waals surface area contributed by atoms with Crippen LogP contribution in [0.25, 0.3) is 0 Å². The molecule has 1 atom stereocenters. The van der Waals surface area contributed by atoms with Crippen molar-refractivity contribution >= 4 is 23.2 Å². The van der Waals surface area contributed by atoms with Crippen LogP contribution in [0.2, 0.25) is 5.02 Å². The number of hydrogen-bond acceptors (Lipinski definition) is 3. The van der Waals surface area contributed by atoms with Gasteiger partial charge in [-0.05, 0) is 54.3 Å². The van der Waals surface area contributed by atoms with Gasteiger partial charge in [-0.15, -0.1) is 0 Å². The van der Waals surface area contributed by atoms with E-state index in [9.17, 15) is 9.90 Å². The summed E-state index contributed by atoms with van der Waals surface area (Å²) in [5.41, 5.74) is 8.69. The molecule has 0 bridgehead atoms. The molecular formula is C16H15ClN2O2. The fourth-order valence-corrected chi connectivity index (χ4v) is 2.90. The van der Waals surface area contributed by atoms with E-state index in [1.54, 1.807) is 30.3 Å². The van der Waals surface area contributed by atoms with Crippen molar-refractivity contribution in [2.45, 2.75) is 18.9 Å². The molecule has 0 aromatic heterocycles. The Morgan fingerprint density at radius 3 is 2.86 bits per heavy atom. The zero-order chi connectivity index (χ0) is 15.0. The zero-order valence-corrected chi connectivity index (χ0v) is 12.0. The molecule has 5 heteroatoms. The van der Waals surface area contributed by atoms with Crippen molar-refractivity contribution in [3.8, 4) is 5.75 Å². The van der Waals surface area contributed by atoms with Crippen molar-refractivity contribution in [2.24, 2.45) is 5.73 Å². The van der Waals surface area contributed by atoms with Crippen molar-refractivity contribution < 1.29 is 9.90 Å². The van der Waals surface area contributed by atoms with E-state index in [1.807, 2.05) is 6.07 Å². The molecule has 0 saturated carbocycles. The Morgan fingerprint density at radius 1 is 1.29 bits per heavy atom. The summed E-state index contributed by atoms with van der Waals surface area (Å²) in [5.74, 6) is -0.199. The lowest BCUT2D eigenvalue weighted by Crippen LogP contribution is -2.12. The highest BCUT2D eigenvalue weighted by atomic mass is 35.5. The summed E-state index contributed by atoms with van der Waals surface area (Å²) in [6.07, 6.45) is 1.81. The molecule has 0 spiro atoms. The van der Waals surface area contributed by atoms with Crippen LogP contribution < -0.4 is 11.1 Å². The first-order chi connectivity index (χ1) is 10.0. The van der Waals surface area contributed by atoms with Gasteiger partial charge >= 0.3 is 0 Å². The molecular weight excluding hydrogens is 288 g/mol. The highest BCUT2D eigenvalue weighted by Crippen LogP contribution is 2.37. The molecule has 1 unspecified atom stereocenters. The molecule has 0 aliphatic heterocycles. The van der Waals surface area contributed by atoms with Gasteiger partial charge < -0.3 is 16.2 Å². The Morgan fingerprint density at radius 2 is 2.10 bits per heavy atom. The van der Waals surface area contributed by atoms with Crippen LogP contribution in [0.15, 0.2) is 36.4 Å². The smallest absolute Gasteiger partial charge is 0.248 e. The molecule has 2 aromatic carbocycles. The number of hydrogen-bond donors (Lipinski definition) is 3. The van der Waals surface area contributed by atoms with Crippen LogP contribution in [-0.4, -0.2) is 11.0 Å². The summed E-state index contributed by atoms with van der Waals surface area (Å²) in [4.78, 5) is 11.3. The quantitative estimate of drug-likeness (QED) is 0.814. The van der Waals surface area contributed by atoms with Gasteiger partial charge in [0.1, 0.15) is 5.75 Å². The van der Waals surface area contributed by atoms with Gasteiger partial charge in [-0.1, -0.05) is 17.7 Å². The molecule has 3 rings (SSSR count). The van der Waals surface area contributed by atoms with Gasteiger partial charge in [0.2, 0.25) is 5.91 Å². The number of fused-ring (bicyclic) bond motifs is 1. The third-order valence-corrected chi connectivity index (χ3v) is 4.11. The normalized spacial score (nSPS) is 16.5. The molecule has 21 heavy (non-hydrogen) atoms. The number of amides is 1. The number of nitrogens with two attached hydrogens (primary N) is 1. The van der Waals surface area contributed by atoms with Crippen molar-refractivity contribution in [1.29, 1.82) is 0 Å². The minimum absolute atomic E-state index is 0.112. The molecule has 4 nitrogen and oxygen atoms in total. The lowest BCUT2D eigenvalue weighted by molar-refractivity contribution is 0.100. The molecule has 4 N–H and O–H groups in total. The third kappa shape index (κ3) is 2.67. The lowest BCUT2D eigenvalue weighted by atomic mass is 10.1. The SMILES string of the molecule is NC(=O)c1ccc(Cl)c(NC2CCc3cc(O)ccc32)c1. The second kappa shape index (κ2) is 5.30. The van der Waals surface area contributed by atoms with Gasteiger partial charge in [0.25, 0.3) is 0 Å². The van der Waals surface area contributed by atoms with E-state index < -0.39 is 5.91 Å². The summed E-state index contributed by atoms with van der Waals surface area (Å²) in [6, 6.07) is 10.4. The van der Waals surface area contributed by atoms with Crippen LogP contribution in [0.4, 0.5) is 5.69 Å². The molecule has 2 aromatic rings. The molecule has 0 radical (unpaired) electrons. The number of carbonyl (C=O) groups excluding carboxylic acids is 1. The van der Waals surface area contributed by atoms with E-state index in [-0.39, 0.29) is 11.8 Å². The standard InChI is InChI=1S/C16H15ClN2O2/c17-13-5-1-10(16(18)21)8-15(13)19-14-6-2-9-7-11(20)3-4-12(9)14/h1,3-5,7-8,14,19-20H,2,6H2,(H2,18,21). The Kier molecular flexibility index (Phi) is 3.47. The number of phenols is 1. The number of aromatic hydroxyl groups is 1. The van der Waals surface area contributed by atoms with Crippen LogP contribution in [0.3, 0.4) is 0 Å². The number of carbonyl (C=O) groups is 1. The second-order valence-corrected chi connectivity index (χ2v) is 5.58. The van der Waals surface area contributed by atoms with Crippen LogP contribution in [-0.2, 0) is 6.42 Å². The molecule has 0 saturated heterocycles. The van der Waals surface area contributed by atoms with Crippen LogP contribution in [0.5, 0.6) is 5.75 Å². The van der Waals surface area contributed by atoms with Crippen molar-refractivity contribution in [2.75, 3.05) is 5.32 Å². The lowest BCUT2D eigenvalue weighted by Gasteiger charge is -2.17. The first-order valence-electron chi connectivity index (χ1n) is 6.72. The number of anilines is 1. The van der Waals surface area contributed by atoms with Crippen LogP contribution in [0.1, 0.15) is 33.9 Å². The molecule has 1 amide bonds. The number of phenolic OH excluding ortho intramolecular Hbond substituents is 1. The number of primary amides is 1. The Labute approximate surface area is 127 Å². The number of rotatable bonds is 3. The number of halogens is 1. The minimum atomic E-state index is -0.480. The van der Waals surface area contributed by atoms with E-state index in [0.29, 0.717) is 16.3 Å². The topological polar surface area (TPSA) is 75.4 Å². The van der Waals surface area contributed by atoms with E-state index in [4.69, 9.17) is 17.3 Å². The minimum Gasteiger partial charge on any atom is -0.508 e. The van der Waals surface area contributed by atoms with Gasteiger partial charge in [0.15, 0.2) is 0 Å². The van der Waals surface area contributed by atoms with Gasteiger partial charge in [-0.25, -0.2) is 0 Å². The van der Waals surface area contributed by atoms with Gasteiger partial charge in [0, 0.05) is 5.56 Å². The molecule has 108 valence electrons. The fourth-order valence-electron chi connectivity index (χ4n) is 2.73. The highest BCUT2D eigenvalue weighted by molar-refractivity contribution is 6.33. The van der Waals surface area contributed by atoms with E-state index in [1.165, 1.54) is 0 Å².